The monoisotopic (exact) mass is 341 g/mol. The molecule has 0 spiro atoms. The quantitative estimate of drug-likeness (QED) is 0.638. The van der Waals surface area contributed by atoms with Crippen LogP contribution in [0.2, 0.25) is 0 Å². The third-order valence-corrected chi connectivity index (χ3v) is 4.50. The lowest BCUT2D eigenvalue weighted by atomic mass is 10.0. The number of hydrogen-bond acceptors (Lipinski definition) is 3. The van der Waals surface area contributed by atoms with Crippen LogP contribution >= 0.6 is 0 Å². The van der Waals surface area contributed by atoms with E-state index in [1.54, 1.807) is 7.05 Å². The van der Waals surface area contributed by atoms with Crippen LogP contribution in [0, 0.1) is 5.92 Å². The van der Waals surface area contributed by atoms with Gasteiger partial charge in [-0.1, -0.05) is 37.6 Å². The zero-order valence-electron chi connectivity index (χ0n) is 15.4. The molecule has 1 aromatic rings. The van der Waals surface area contributed by atoms with Crippen LogP contribution in [-0.2, 0) is 16.0 Å². The summed E-state index contributed by atoms with van der Waals surface area (Å²) in [7, 11) is 1.65. The lowest BCUT2D eigenvalue weighted by Crippen LogP contribution is -2.39. The summed E-state index contributed by atoms with van der Waals surface area (Å²) in [6, 6.07) is 8.26. The average Bonchev–Trinajstić information content (AvgIpc) is 2.93. The van der Waals surface area contributed by atoms with Crippen LogP contribution in [0.4, 0.5) is 0 Å². The zero-order valence-corrected chi connectivity index (χ0v) is 15.4. The van der Waals surface area contributed by atoms with Gasteiger partial charge in [0.15, 0.2) is 0 Å². The molecule has 1 aromatic carbocycles. The highest BCUT2D eigenvalue weighted by atomic mass is 16.2. The summed E-state index contributed by atoms with van der Waals surface area (Å²) in [5, 5.41) is 5.61. The maximum absolute atomic E-state index is 12.4. The van der Waals surface area contributed by atoms with Crippen LogP contribution in [0.15, 0.2) is 35.3 Å². The highest BCUT2D eigenvalue weighted by molar-refractivity contribution is 6.09. The van der Waals surface area contributed by atoms with E-state index in [9.17, 15) is 9.59 Å². The van der Waals surface area contributed by atoms with Gasteiger partial charge < -0.3 is 10.6 Å². The summed E-state index contributed by atoms with van der Waals surface area (Å²) >= 11 is 0. The van der Waals surface area contributed by atoms with Crippen molar-refractivity contribution in [3.63, 3.8) is 0 Å². The van der Waals surface area contributed by atoms with E-state index in [2.05, 4.69) is 46.8 Å². The van der Waals surface area contributed by atoms with Crippen molar-refractivity contribution in [2.45, 2.75) is 46.1 Å². The number of rotatable bonds is 5. The molecule has 0 aromatic heterocycles. The molecule has 0 radical (unpaired) electrons. The normalized spacial score (nSPS) is 21.2. The van der Waals surface area contributed by atoms with Gasteiger partial charge in [-0.05, 0) is 43.0 Å². The molecule has 1 aliphatic heterocycles. The number of benzene rings is 1. The smallest absolute Gasteiger partial charge is 0.231 e. The van der Waals surface area contributed by atoms with Crippen molar-refractivity contribution >= 4 is 23.2 Å². The van der Waals surface area contributed by atoms with Crippen LogP contribution < -0.4 is 10.6 Å². The summed E-state index contributed by atoms with van der Waals surface area (Å²) in [6.07, 6.45) is 4.26. The van der Waals surface area contributed by atoms with Crippen molar-refractivity contribution in [2.75, 3.05) is 7.05 Å². The summed E-state index contributed by atoms with van der Waals surface area (Å²) in [5.74, 6) is -0.0990. The molecule has 1 saturated heterocycles. The van der Waals surface area contributed by atoms with Crippen molar-refractivity contribution in [1.29, 1.82) is 0 Å². The molecule has 0 aliphatic carbocycles. The second-order valence-electron chi connectivity index (χ2n) is 6.54. The van der Waals surface area contributed by atoms with Gasteiger partial charge in [0.05, 0.1) is 5.92 Å². The zero-order chi connectivity index (χ0) is 18.4. The molecule has 5 nitrogen and oxygen atoms in total. The van der Waals surface area contributed by atoms with Crippen molar-refractivity contribution < 1.29 is 9.59 Å². The van der Waals surface area contributed by atoms with Gasteiger partial charge in [-0.25, -0.2) is 0 Å². The van der Waals surface area contributed by atoms with E-state index >= 15 is 0 Å². The summed E-state index contributed by atoms with van der Waals surface area (Å²) < 4.78 is 0. The Bertz CT molecular complexity index is 707. The predicted molar refractivity (Wildman–Crippen MR) is 101 cm³/mol. The minimum Gasteiger partial charge on any atom is -0.353 e. The SMILES string of the molecule is CCCc1cccc(/C(C)=C/C(=NC)NC(=O)C2CC(=O)NC2C)c1. The molecule has 0 bridgehead atoms. The van der Waals surface area contributed by atoms with Crippen molar-refractivity contribution in [1.82, 2.24) is 10.6 Å². The number of amides is 2. The number of carbonyl (C=O) groups is 2. The van der Waals surface area contributed by atoms with E-state index in [4.69, 9.17) is 0 Å². The number of hydrogen-bond donors (Lipinski definition) is 2. The van der Waals surface area contributed by atoms with Crippen LogP contribution in [0.25, 0.3) is 5.57 Å². The number of nitrogens with zero attached hydrogens (tertiary/aromatic N) is 1. The highest BCUT2D eigenvalue weighted by Crippen LogP contribution is 2.18. The third-order valence-electron chi connectivity index (χ3n) is 4.50. The number of carbonyl (C=O) groups excluding carboxylic acids is 2. The van der Waals surface area contributed by atoms with Gasteiger partial charge in [0.2, 0.25) is 11.8 Å². The number of nitrogens with one attached hydrogen (secondary N) is 2. The largest absolute Gasteiger partial charge is 0.353 e. The lowest BCUT2D eigenvalue weighted by molar-refractivity contribution is -0.125. The fraction of sp³-hybridized carbons (Fsp3) is 0.450. The highest BCUT2D eigenvalue weighted by Gasteiger charge is 2.34. The number of allylic oxidation sites excluding steroid dienone is 1. The molecule has 5 heteroatoms. The molecule has 2 amide bonds. The Kier molecular flexibility index (Phi) is 6.51. The minimum absolute atomic E-state index is 0.0814. The predicted octanol–water partition coefficient (Wildman–Crippen LogP) is 2.71. The summed E-state index contributed by atoms with van der Waals surface area (Å²) in [4.78, 5) is 28.0. The van der Waals surface area contributed by atoms with Gasteiger partial charge in [-0.2, -0.15) is 0 Å². The van der Waals surface area contributed by atoms with Gasteiger partial charge in [0, 0.05) is 19.5 Å². The lowest BCUT2D eigenvalue weighted by Gasteiger charge is -2.14. The first-order valence-corrected chi connectivity index (χ1v) is 8.79. The molecule has 2 unspecified atom stereocenters. The Morgan fingerprint density at radius 1 is 1.44 bits per heavy atom. The van der Waals surface area contributed by atoms with Crippen molar-refractivity contribution in [3.8, 4) is 0 Å². The fourth-order valence-corrected chi connectivity index (χ4v) is 3.03. The second-order valence-corrected chi connectivity index (χ2v) is 6.54. The van der Waals surface area contributed by atoms with Gasteiger partial charge >= 0.3 is 0 Å². The van der Waals surface area contributed by atoms with E-state index in [1.165, 1.54) is 5.56 Å². The molecule has 2 atom stereocenters. The van der Waals surface area contributed by atoms with E-state index in [0.29, 0.717) is 5.84 Å². The number of amidine groups is 1. The Morgan fingerprint density at radius 3 is 2.80 bits per heavy atom. The number of aliphatic imine (C=N–C) groups is 1. The first kappa shape index (κ1) is 18.9. The van der Waals surface area contributed by atoms with Gasteiger partial charge in [0.1, 0.15) is 5.84 Å². The molecule has 2 rings (SSSR count). The standard InChI is InChI=1S/C20H27N3O2/c1-5-7-15-8-6-9-16(11-15)13(2)10-18(21-4)23-20(25)17-12-19(24)22-14(17)3/h6,8-11,14,17H,5,7,12H2,1-4H3,(H,22,24)(H,21,23,25)/b13-10+. The van der Waals surface area contributed by atoms with Gasteiger partial charge in [0.25, 0.3) is 0 Å². The first-order chi connectivity index (χ1) is 11.9. The summed E-state index contributed by atoms with van der Waals surface area (Å²) in [6.45, 7) is 6.01. The van der Waals surface area contributed by atoms with Crippen LogP contribution in [0.1, 0.15) is 44.7 Å². The van der Waals surface area contributed by atoms with E-state index in [1.807, 2.05) is 19.9 Å². The van der Waals surface area contributed by atoms with Crippen LogP contribution in [0.5, 0.6) is 0 Å². The minimum atomic E-state index is -0.356. The maximum Gasteiger partial charge on any atom is 0.231 e. The number of aryl methyl sites for hydroxylation is 1. The topological polar surface area (TPSA) is 70.6 Å². The Balaban J connectivity index is 2.10. The Morgan fingerprint density at radius 2 is 2.20 bits per heavy atom. The molecule has 0 saturated carbocycles. The first-order valence-electron chi connectivity index (χ1n) is 8.79. The van der Waals surface area contributed by atoms with Crippen molar-refractivity contribution in [2.24, 2.45) is 10.9 Å². The second kappa shape index (κ2) is 8.60. The van der Waals surface area contributed by atoms with E-state index < -0.39 is 0 Å². The molecule has 1 aliphatic rings. The maximum atomic E-state index is 12.4. The Labute approximate surface area is 149 Å². The van der Waals surface area contributed by atoms with E-state index in [0.717, 1.165) is 24.0 Å². The van der Waals surface area contributed by atoms with Gasteiger partial charge in [-0.3, -0.25) is 14.6 Å². The van der Waals surface area contributed by atoms with E-state index in [-0.39, 0.29) is 30.2 Å². The van der Waals surface area contributed by atoms with Gasteiger partial charge in [-0.15, -0.1) is 0 Å². The van der Waals surface area contributed by atoms with Crippen LogP contribution in [-0.4, -0.2) is 30.7 Å². The average molecular weight is 341 g/mol. The van der Waals surface area contributed by atoms with Crippen LogP contribution in [0.3, 0.4) is 0 Å². The molecule has 1 heterocycles. The fourth-order valence-electron chi connectivity index (χ4n) is 3.03. The summed E-state index contributed by atoms with van der Waals surface area (Å²) in [5.41, 5.74) is 3.45. The molecule has 134 valence electrons. The Hall–Kier alpha value is -2.43. The molecular formula is C20H27N3O2. The molecule has 25 heavy (non-hydrogen) atoms. The molecule has 1 fully saturated rings. The molecular weight excluding hydrogens is 314 g/mol. The van der Waals surface area contributed by atoms with Crippen molar-refractivity contribution in [3.05, 3.63) is 41.5 Å². The third kappa shape index (κ3) is 5.02. The molecule has 2 N–H and O–H groups in total.